The van der Waals surface area contributed by atoms with Gasteiger partial charge < -0.3 is 5.21 Å². The molecule has 0 aliphatic rings. The predicted molar refractivity (Wildman–Crippen MR) is 21.0 cm³/mol. The van der Waals surface area contributed by atoms with Crippen molar-refractivity contribution < 1.29 is 5.21 Å². The normalized spacial score (nSPS) is 9.80. The van der Waals surface area contributed by atoms with Crippen molar-refractivity contribution >= 4 is 17.8 Å². The van der Waals surface area contributed by atoms with Crippen molar-refractivity contribution in [2.45, 2.75) is 0 Å². The molecule has 0 spiro atoms. The number of rotatable bonds is 1. The van der Waals surface area contributed by atoms with Crippen molar-refractivity contribution in [1.82, 2.24) is 0 Å². The average Bonchev–Trinajstić information content (AvgIpc) is 1.41. The fourth-order valence-electron chi connectivity index (χ4n) is 0.0309. The Labute approximate surface area is 35.1 Å². The summed E-state index contributed by atoms with van der Waals surface area (Å²) in [6.45, 7) is 0. The van der Waals surface area contributed by atoms with Gasteiger partial charge in [-0.1, -0.05) is 0 Å². The molecule has 0 aliphatic carbocycles. The summed E-state index contributed by atoms with van der Waals surface area (Å²) in [6.07, 6.45) is 1.20. The van der Waals surface area contributed by atoms with Crippen LogP contribution < -0.4 is 0 Å². The van der Waals surface area contributed by atoms with Gasteiger partial charge in [-0.25, -0.2) is 0 Å². The highest BCUT2D eigenvalue weighted by atomic mass is 35.5. The van der Waals surface area contributed by atoms with Crippen molar-refractivity contribution in [3.05, 3.63) is 0 Å². The van der Waals surface area contributed by atoms with Gasteiger partial charge in [-0.05, 0) is 0 Å². The van der Waals surface area contributed by atoms with E-state index in [2.05, 4.69) is 5.16 Å². The van der Waals surface area contributed by atoms with Gasteiger partial charge in [-0.3, -0.25) is 0 Å². The maximum atomic E-state index is 7.55. The number of halogens is 1. The van der Waals surface area contributed by atoms with Crippen LogP contribution in [-0.4, -0.2) is 17.3 Å². The Bertz CT molecular complexity index is 36.6. The third kappa shape index (κ3) is 3.76. The van der Waals surface area contributed by atoms with Crippen LogP contribution in [0.5, 0.6) is 0 Å². The molecule has 0 unspecified atom stereocenters. The first-order valence-electron chi connectivity index (χ1n) is 1.13. The van der Waals surface area contributed by atoms with Crippen LogP contribution in [0.15, 0.2) is 5.16 Å². The number of hydrogen-bond donors (Lipinski definition) is 1. The van der Waals surface area contributed by atoms with Crippen LogP contribution in [0.2, 0.25) is 0 Å². The molecule has 0 atom stereocenters. The van der Waals surface area contributed by atoms with Gasteiger partial charge >= 0.3 is 0 Å². The lowest BCUT2D eigenvalue weighted by Crippen LogP contribution is -1.67. The summed E-state index contributed by atoms with van der Waals surface area (Å²) >= 11 is 4.99. The maximum Gasteiger partial charge on any atom is 0.0610 e. The lowest BCUT2D eigenvalue weighted by Gasteiger charge is -1.63. The van der Waals surface area contributed by atoms with Gasteiger partial charge in [0.15, 0.2) is 0 Å². The number of hydrogen-bond acceptors (Lipinski definition) is 2. The lowest BCUT2D eigenvalue weighted by molar-refractivity contribution is 0.321. The quantitative estimate of drug-likeness (QED) is 0.220. The molecule has 0 aromatic rings. The third-order valence-corrected chi connectivity index (χ3v) is 0.289. The van der Waals surface area contributed by atoms with E-state index in [9.17, 15) is 0 Å². The molecule has 0 aromatic heterocycles. The molecular weight excluding hydrogens is 89.5 g/mol. The smallest absolute Gasteiger partial charge is 0.0610 e. The molecular formula is C2H4ClNO. The first-order chi connectivity index (χ1) is 2.41. The van der Waals surface area contributed by atoms with E-state index in [-0.39, 0.29) is 5.88 Å². The zero-order valence-corrected chi connectivity index (χ0v) is 3.31. The molecule has 0 fully saturated rings. The molecule has 1 N–H and O–H groups in total. The average molecular weight is 93.5 g/mol. The van der Waals surface area contributed by atoms with Crippen molar-refractivity contribution in [1.29, 1.82) is 0 Å². The second kappa shape index (κ2) is 3.76. The highest BCUT2D eigenvalue weighted by molar-refractivity contribution is 6.24. The van der Waals surface area contributed by atoms with Crippen molar-refractivity contribution in [2.75, 3.05) is 5.88 Å². The van der Waals surface area contributed by atoms with E-state index in [0.29, 0.717) is 0 Å². The largest absolute Gasteiger partial charge is 0.411 e. The molecule has 0 amide bonds. The van der Waals surface area contributed by atoms with E-state index in [0.717, 1.165) is 0 Å². The lowest BCUT2D eigenvalue weighted by atomic mass is 10.9. The minimum atomic E-state index is 0.274. The zero-order valence-electron chi connectivity index (χ0n) is 2.56. The summed E-state index contributed by atoms with van der Waals surface area (Å²) in [5, 5.41) is 10.1. The van der Waals surface area contributed by atoms with Gasteiger partial charge in [0, 0.05) is 0 Å². The summed E-state index contributed by atoms with van der Waals surface area (Å²) < 4.78 is 0. The molecule has 0 aliphatic heterocycles. The van der Waals surface area contributed by atoms with Gasteiger partial charge in [-0.15, -0.1) is 16.8 Å². The minimum absolute atomic E-state index is 0.274. The van der Waals surface area contributed by atoms with Gasteiger partial charge in [-0.2, -0.15) is 0 Å². The van der Waals surface area contributed by atoms with Crippen LogP contribution >= 0.6 is 11.6 Å². The van der Waals surface area contributed by atoms with Crippen molar-refractivity contribution in [3.63, 3.8) is 0 Å². The first kappa shape index (κ1) is 4.76. The van der Waals surface area contributed by atoms with E-state index in [1.165, 1.54) is 6.21 Å². The number of oxime groups is 1. The summed E-state index contributed by atoms with van der Waals surface area (Å²) in [5.74, 6) is 0.274. The Hall–Kier alpha value is -0.240. The molecule has 0 rings (SSSR count). The molecule has 2 nitrogen and oxygen atoms in total. The fraction of sp³-hybridized carbons (Fsp3) is 0.500. The Kier molecular flexibility index (Phi) is 3.58. The topological polar surface area (TPSA) is 32.6 Å². The predicted octanol–water partition coefficient (Wildman–Crippen LogP) is 0.685. The Morgan fingerprint density at radius 2 is 2.60 bits per heavy atom. The van der Waals surface area contributed by atoms with Crippen LogP contribution in [0.25, 0.3) is 0 Å². The molecule has 0 saturated carbocycles. The van der Waals surface area contributed by atoms with E-state index < -0.39 is 0 Å². The fourth-order valence-corrected chi connectivity index (χ4v) is 0.0926. The standard InChI is InChI=1S/C2H4ClNO/c3-1-2-4-5/h2,5H,1H2/b4-2-. The highest BCUT2D eigenvalue weighted by Gasteiger charge is 1.57. The van der Waals surface area contributed by atoms with Gasteiger partial charge in [0.05, 0.1) is 12.1 Å². The highest BCUT2D eigenvalue weighted by Crippen LogP contribution is 1.62. The van der Waals surface area contributed by atoms with Gasteiger partial charge in [0.1, 0.15) is 0 Å². The molecule has 30 valence electrons. The minimum Gasteiger partial charge on any atom is -0.411 e. The summed E-state index contributed by atoms with van der Waals surface area (Å²) in [5.41, 5.74) is 0. The first-order valence-corrected chi connectivity index (χ1v) is 1.67. The monoisotopic (exact) mass is 93.0 g/mol. The zero-order chi connectivity index (χ0) is 4.12. The van der Waals surface area contributed by atoms with Crippen LogP contribution in [-0.2, 0) is 0 Å². The maximum absolute atomic E-state index is 7.55. The Balaban J connectivity index is 2.62. The van der Waals surface area contributed by atoms with E-state index >= 15 is 0 Å². The summed E-state index contributed by atoms with van der Waals surface area (Å²) in [7, 11) is 0. The SMILES string of the molecule is O/N=C\CCl. The summed E-state index contributed by atoms with van der Waals surface area (Å²) in [4.78, 5) is 0. The van der Waals surface area contributed by atoms with E-state index in [1.807, 2.05) is 0 Å². The molecule has 0 heterocycles. The molecule has 0 bridgehead atoms. The molecule has 0 radical (unpaired) electrons. The van der Waals surface area contributed by atoms with Crippen LogP contribution in [0, 0.1) is 0 Å². The van der Waals surface area contributed by atoms with Crippen LogP contribution in [0.3, 0.4) is 0 Å². The number of nitrogens with zero attached hydrogens (tertiary/aromatic N) is 1. The van der Waals surface area contributed by atoms with E-state index in [1.54, 1.807) is 0 Å². The van der Waals surface area contributed by atoms with Crippen molar-refractivity contribution in [2.24, 2.45) is 5.16 Å². The Morgan fingerprint density at radius 3 is 2.60 bits per heavy atom. The van der Waals surface area contributed by atoms with Crippen LogP contribution in [0.1, 0.15) is 0 Å². The third-order valence-electron chi connectivity index (χ3n) is 0.151. The molecule has 0 aromatic carbocycles. The van der Waals surface area contributed by atoms with Crippen LogP contribution in [0.4, 0.5) is 0 Å². The molecule has 5 heavy (non-hydrogen) atoms. The number of alkyl halides is 1. The van der Waals surface area contributed by atoms with Gasteiger partial charge in [0.25, 0.3) is 0 Å². The second-order valence-corrected chi connectivity index (χ2v) is 0.761. The second-order valence-electron chi connectivity index (χ2n) is 0.452. The molecule has 3 heteroatoms. The van der Waals surface area contributed by atoms with Gasteiger partial charge in [0.2, 0.25) is 0 Å². The van der Waals surface area contributed by atoms with Crippen molar-refractivity contribution in [3.8, 4) is 0 Å². The summed E-state index contributed by atoms with van der Waals surface area (Å²) in [6, 6.07) is 0. The Morgan fingerprint density at radius 1 is 2.00 bits per heavy atom. The van der Waals surface area contributed by atoms with E-state index in [4.69, 9.17) is 16.8 Å². The molecule has 0 saturated heterocycles.